The van der Waals surface area contributed by atoms with E-state index in [0.717, 1.165) is 42.1 Å². The molecule has 1 unspecified atom stereocenters. The molecule has 0 fully saturated rings. The van der Waals surface area contributed by atoms with E-state index < -0.39 is 0 Å². The summed E-state index contributed by atoms with van der Waals surface area (Å²) in [7, 11) is 0. The maximum atomic E-state index is 6.20. The Balaban J connectivity index is 1.58. The maximum Gasteiger partial charge on any atom is 0.119 e. The lowest BCUT2D eigenvalue weighted by molar-refractivity contribution is 0.313. The van der Waals surface area contributed by atoms with Gasteiger partial charge >= 0.3 is 0 Å². The van der Waals surface area contributed by atoms with Crippen LogP contribution in [0.15, 0.2) is 42.5 Å². The van der Waals surface area contributed by atoms with E-state index in [9.17, 15) is 0 Å². The Kier molecular flexibility index (Phi) is 4.88. The highest BCUT2D eigenvalue weighted by Crippen LogP contribution is 2.35. The predicted molar refractivity (Wildman–Crippen MR) is 107 cm³/mol. The molecule has 2 N–H and O–H groups in total. The molecule has 3 nitrogen and oxygen atoms in total. The van der Waals surface area contributed by atoms with Crippen molar-refractivity contribution >= 4 is 22.5 Å². The molecule has 0 aliphatic carbocycles. The van der Waals surface area contributed by atoms with E-state index in [1.54, 1.807) is 0 Å². The number of hydrogen-bond acceptors (Lipinski definition) is 2. The number of aromatic nitrogens is 1. The van der Waals surface area contributed by atoms with E-state index in [0.29, 0.717) is 6.61 Å². The summed E-state index contributed by atoms with van der Waals surface area (Å²) in [5.74, 6) is 3.51. The molecule has 1 aliphatic heterocycles. The van der Waals surface area contributed by atoms with E-state index in [1.807, 2.05) is 18.2 Å². The summed E-state index contributed by atoms with van der Waals surface area (Å²) in [5, 5.41) is 5.63. The lowest BCUT2D eigenvalue weighted by atomic mass is 9.94. The number of halogens is 1. The van der Waals surface area contributed by atoms with Crippen molar-refractivity contribution in [3.8, 4) is 18.1 Å². The molecule has 0 bridgehead atoms. The zero-order valence-corrected chi connectivity index (χ0v) is 15.3. The van der Waals surface area contributed by atoms with Crippen LogP contribution in [0.1, 0.15) is 35.7 Å². The van der Waals surface area contributed by atoms with E-state index in [4.69, 9.17) is 22.8 Å². The van der Waals surface area contributed by atoms with Gasteiger partial charge < -0.3 is 15.0 Å². The van der Waals surface area contributed by atoms with Crippen LogP contribution >= 0.6 is 11.6 Å². The molecule has 0 spiro atoms. The Labute approximate surface area is 158 Å². The molecule has 132 valence electrons. The van der Waals surface area contributed by atoms with E-state index in [1.165, 1.54) is 22.2 Å². The molecule has 0 amide bonds. The smallest absolute Gasteiger partial charge is 0.119 e. The first-order valence-electron chi connectivity index (χ1n) is 8.96. The number of ether oxygens (including phenoxy) is 1. The molecule has 1 atom stereocenters. The molecule has 1 aliphatic rings. The van der Waals surface area contributed by atoms with E-state index in [2.05, 4.69) is 40.5 Å². The highest BCUT2D eigenvalue weighted by molar-refractivity contribution is 6.31. The van der Waals surface area contributed by atoms with Gasteiger partial charge in [0.15, 0.2) is 0 Å². The van der Waals surface area contributed by atoms with Gasteiger partial charge in [-0.3, -0.25) is 0 Å². The first kappa shape index (κ1) is 17.0. The largest absolute Gasteiger partial charge is 0.494 e. The van der Waals surface area contributed by atoms with Crippen LogP contribution in [0.5, 0.6) is 5.75 Å². The number of rotatable bonds is 5. The summed E-state index contributed by atoms with van der Waals surface area (Å²) in [5.41, 5.74) is 4.96. The van der Waals surface area contributed by atoms with Crippen LogP contribution in [0.4, 0.5) is 0 Å². The van der Waals surface area contributed by atoms with Gasteiger partial charge in [-0.2, -0.15) is 0 Å². The summed E-state index contributed by atoms with van der Waals surface area (Å²) in [4.78, 5) is 3.58. The number of nitrogens with one attached hydrogen (secondary N) is 2. The van der Waals surface area contributed by atoms with Crippen LogP contribution in [0.25, 0.3) is 10.9 Å². The summed E-state index contributed by atoms with van der Waals surface area (Å²) < 4.78 is 5.74. The molecule has 2 heterocycles. The number of fused-ring (bicyclic) bond motifs is 3. The minimum atomic E-state index is 0.153. The number of unbranched alkanes of at least 4 members (excludes halogenated alkanes) is 1. The second-order valence-electron chi connectivity index (χ2n) is 6.57. The molecule has 3 aromatic rings. The molecule has 0 saturated carbocycles. The van der Waals surface area contributed by atoms with Gasteiger partial charge in [0, 0.05) is 34.6 Å². The molecular formula is C22H21ClN2O. The molecule has 2 aromatic carbocycles. The lowest BCUT2D eigenvalue weighted by Crippen LogP contribution is -2.30. The fourth-order valence-electron chi connectivity index (χ4n) is 3.61. The van der Waals surface area contributed by atoms with Crippen molar-refractivity contribution in [1.29, 1.82) is 0 Å². The Hall–Kier alpha value is -2.41. The topological polar surface area (TPSA) is 37.0 Å². The van der Waals surface area contributed by atoms with E-state index in [-0.39, 0.29) is 6.04 Å². The highest BCUT2D eigenvalue weighted by Gasteiger charge is 2.25. The fourth-order valence-corrected chi connectivity index (χ4v) is 3.78. The zero-order chi connectivity index (χ0) is 17.9. The van der Waals surface area contributed by atoms with Gasteiger partial charge in [0.1, 0.15) is 5.75 Å². The van der Waals surface area contributed by atoms with Crippen LogP contribution in [-0.4, -0.2) is 18.1 Å². The van der Waals surface area contributed by atoms with Gasteiger partial charge in [-0.25, -0.2) is 0 Å². The van der Waals surface area contributed by atoms with Crippen LogP contribution in [0, 0.1) is 12.3 Å². The van der Waals surface area contributed by atoms with Gasteiger partial charge in [0.25, 0.3) is 0 Å². The number of hydrogen-bond donors (Lipinski definition) is 2. The molecule has 4 heteroatoms. The van der Waals surface area contributed by atoms with Gasteiger partial charge in [0.2, 0.25) is 0 Å². The number of terminal acetylenes is 1. The number of benzene rings is 2. The first-order chi connectivity index (χ1) is 12.8. The highest BCUT2D eigenvalue weighted by atomic mass is 35.5. The van der Waals surface area contributed by atoms with Gasteiger partial charge in [-0.05, 0) is 54.3 Å². The summed E-state index contributed by atoms with van der Waals surface area (Å²) in [6.45, 7) is 1.60. The van der Waals surface area contributed by atoms with Crippen molar-refractivity contribution in [3.05, 3.63) is 64.3 Å². The fraction of sp³-hybridized carbons (Fsp3) is 0.273. The monoisotopic (exact) mass is 364 g/mol. The summed E-state index contributed by atoms with van der Waals surface area (Å²) >= 11 is 6.20. The Bertz CT molecular complexity index is 953. The average Bonchev–Trinajstić information content (AvgIpc) is 3.04. The minimum absolute atomic E-state index is 0.153. The number of H-pyrrole nitrogens is 1. The summed E-state index contributed by atoms with van der Waals surface area (Å²) in [6, 6.07) is 14.5. The van der Waals surface area contributed by atoms with Crippen molar-refractivity contribution < 1.29 is 4.74 Å². The third-order valence-corrected chi connectivity index (χ3v) is 5.10. The maximum absolute atomic E-state index is 6.20. The average molecular weight is 365 g/mol. The lowest BCUT2D eigenvalue weighted by Gasteiger charge is -2.25. The third kappa shape index (κ3) is 3.31. The zero-order valence-electron chi connectivity index (χ0n) is 14.5. The van der Waals surface area contributed by atoms with Crippen molar-refractivity contribution in [2.45, 2.75) is 25.3 Å². The quantitative estimate of drug-likeness (QED) is 0.501. The normalized spacial score (nSPS) is 16.2. The minimum Gasteiger partial charge on any atom is -0.494 e. The van der Waals surface area contributed by atoms with Crippen LogP contribution < -0.4 is 10.1 Å². The molecule has 26 heavy (non-hydrogen) atoms. The first-order valence-corrected chi connectivity index (χ1v) is 9.33. The molecule has 4 rings (SSSR count). The Morgan fingerprint density at radius 2 is 2.04 bits per heavy atom. The van der Waals surface area contributed by atoms with Crippen molar-refractivity contribution in [2.24, 2.45) is 0 Å². The van der Waals surface area contributed by atoms with Crippen LogP contribution in [0.2, 0.25) is 5.02 Å². The molecule has 0 radical (unpaired) electrons. The second kappa shape index (κ2) is 7.45. The van der Waals surface area contributed by atoms with E-state index >= 15 is 0 Å². The van der Waals surface area contributed by atoms with Gasteiger partial charge in [0.05, 0.1) is 12.6 Å². The third-order valence-electron chi connectivity index (χ3n) is 4.86. The Morgan fingerprint density at radius 1 is 1.19 bits per heavy atom. The van der Waals surface area contributed by atoms with Crippen LogP contribution in [-0.2, 0) is 6.42 Å². The van der Waals surface area contributed by atoms with Gasteiger partial charge in [-0.1, -0.05) is 23.7 Å². The molecule has 0 saturated heterocycles. The van der Waals surface area contributed by atoms with Crippen molar-refractivity contribution in [3.63, 3.8) is 0 Å². The number of aromatic amines is 1. The van der Waals surface area contributed by atoms with Gasteiger partial charge in [-0.15, -0.1) is 12.3 Å². The SMILES string of the molecule is C#CCCCOc1ccc(C2NCCc3c2[nH]c2ccc(Cl)cc32)cc1. The second-order valence-corrected chi connectivity index (χ2v) is 7.01. The Morgan fingerprint density at radius 3 is 2.85 bits per heavy atom. The van der Waals surface area contributed by atoms with Crippen LogP contribution in [0.3, 0.4) is 0 Å². The molecule has 1 aromatic heterocycles. The van der Waals surface area contributed by atoms with Crippen molar-refractivity contribution in [2.75, 3.05) is 13.2 Å². The molecular weight excluding hydrogens is 344 g/mol. The summed E-state index contributed by atoms with van der Waals surface area (Å²) in [6.07, 6.45) is 7.89. The predicted octanol–water partition coefficient (Wildman–Crippen LogP) is 4.85. The van der Waals surface area contributed by atoms with Crippen molar-refractivity contribution in [1.82, 2.24) is 10.3 Å². The standard InChI is InChI=1S/C22H21ClN2O/c1-2-3-4-13-26-17-8-5-15(6-9-17)21-22-18(11-12-24-21)19-14-16(23)7-10-20(19)25-22/h1,5-10,14,21,24-25H,3-4,11-13H2.